The maximum absolute atomic E-state index is 13.1. The zero-order valence-corrected chi connectivity index (χ0v) is 21.8. The van der Waals surface area contributed by atoms with Crippen molar-refractivity contribution in [2.24, 2.45) is 0 Å². The number of amides is 3. The average Bonchev–Trinajstić information content (AvgIpc) is 3.32. The van der Waals surface area contributed by atoms with E-state index in [9.17, 15) is 14.4 Å². The van der Waals surface area contributed by atoms with Crippen molar-refractivity contribution < 1.29 is 19.1 Å². The monoisotopic (exact) mass is 512 g/mol. The van der Waals surface area contributed by atoms with Crippen LogP contribution in [0, 0.1) is 11.3 Å². The van der Waals surface area contributed by atoms with E-state index in [1.165, 1.54) is 24.0 Å². The lowest BCUT2D eigenvalue weighted by molar-refractivity contribution is -0.133. The molecule has 0 saturated carbocycles. The molecule has 0 aliphatic carbocycles. The highest BCUT2D eigenvalue weighted by atomic mass is 32.2. The molecule has 3 rings (SSSR count). The number of thioether (sulfide) groups is 1. The van der Waals surface area contributed by atoms with Gasteiger partial charge in [0.15, 0.2) is 0 Å². The van der Waals surface area contributed by atoms with Crippen LogP contribution >= 0.6 is 11.8 Å². The molecule has 0 spiro atoms. The molecule has 1 aliphatic heterocycles. The second-order valence-corrected chi connectivity index (χ2v) is 10.3. The van der Waals surface area contributed by atoms with Gasteiger partial charge in [-0.15, -0.1) is 0 Å². The van der Waals surface area contributed by atoms with E-state index in [-0.39, 0.29) is 11.8 Å². The van der Waals surface area contributed by atoms with Crippen molar-refractivity contribution >= 4 is 41.0 Å². The molecule has 3 amide bonds. The summed E-state index contributed by atoms with van der Waals surface area (Å²) in [5, 5.41) is 14.4. The molecule has 0 radical (unpaired) electrons. The molecule has 11 heteroatoms. The Morgan fingerprint density at radius 1 is 1.17 bits per heavy atom. The Bertz CT molecular complexity index is 1110. The first-order valence-corrected chi connectivity index (χ1v) is 13.0. The number of aromatic nitrogens is 1. The van der Waals surface area contributed by atoms with Crippen molar-refractivity contribution in [3.63, 3.8) is 0 Å². The summed E-state index contributed by atoms with van der Waals surface area (Å²) in [4.78, 5) is 44.3. The van der Waals surface area contributed by atoms with E-state index < -0.39 is 17.7 Å². The van der Waals surface area contributed by atoms with Crippen LogP contribution in [-0.2, 0) is 9.53 Å². The SMILES string of the molecule is CSC[C@H](NC(=O)OC(C)(C)C)C(=O)N1CCN(c2ccc(NC(=O)c3cc(C#N)c[nH]3)cc2)CC1. The molecule has 1 fully saturated rings. The van der Waals surface area contributed by atoms with Gasteiger partial charge in [-0.1, -0.05) is 0 Å². The van der Waals surface area contributed by atoms with Gasteiger partial charge in [0.25, 0.3) is 5.91 Å². The van der Waals surface area contributed by atoms with E-state index in [2.05, 4.69) is 20.5 Å². The molecule has 192 valence electrons. The van der Waals surface area contributed by atoms with Gasteiger partial charge in [0.1, 0.15) is 23.4 Å². The van der Waals surface area contributed by atoms with Crippen molar-refractivity contribution in [3.05, 3.63) is 47.8 Å². The number of hydrogen-bond acceptors (Lipinski definition) is 7. The maximum Gasteiger partial charge on any atom is 0.408 e. The predicted octanol–water partition coefficient (Wildman–Crippen LogP) is 3.04. The Balaban J connectivity index is 1.53. The molecule has 10 nitrogen and oxygen atoms in total. The molecule has 36 heavy (non-hydrogen) atoms. The number of nitrogens with one attached hydrogen (secondary N) is 3. The van der Waals surface area contributed by atoms with Gasteiger partial charge in [0.05, 0.1) is 5.56 Å². The fourth-order valence-electron chi connectivity index (χ4n) is 3.74. The summed E-state index contributed by atoms with van der Waals surface area (Å²) in [5.74, 6) is 0.0270. The third-order valence-corrected chi connectivity index (χ3v) is 6.13. The molecule has 3 N–H and O–H groups in total. The van der Waals surface area contributed by atoms with E-state index in [0.29, 0.717) is 48.9 Å². The summed E-state index contributed by atoms with van der Waals surface area (Å²) in [6, 6.07) is 10.3. The fourth-order valence-corrected chi connectivity index (χ4v) is 4.30. The zero-order chi connectivity index (χ0) is 26.3. The highest BCUT2D eigenvalue weighted by Crippen LogP contribution is 2.21. The van der Waals surface area contributed by atoms with Crippen LogP contribution in [0.2, 0.25) is 0 Å². The van der Waals surface area contributed by atoms with Gasteiger partial charge in [-0.3, -0.25) is 9.59 Å². The number of anilines is 2. The smallest absolute Gasteiger partial charge is 0.408 e. The van der Waals surface area contributed by atoms with Crippen molar-refractivity contribution in [2.45, 2.75) is 32.4 Å². The van der Waals surface area contributed by atoms with Crippen molar-refractivity contribution in [1.82, 2.24) is 15.2 Å². The van der Waals surface area contributed by atoms with Crippen LogP contribution in [-0.4, -0.2) is 77.6 Å². The van der Waals surface area contributed by atoms with E-state index in [0.717, 1.165) is 5.69 Å². The van der Waals surface area contributed by atoms with E-state index in [4.69, 9.17) is 10.00 Å². The lowest BCUT2D eigenvalue weighted by Gasteiger charge is -2.37. The minimum atomic E-state index is -0.645. The Morgan fingerprint density at radius 2 is 1.83 bits per heavy atom. The summed E-state index contributed by atoms with van der Waals surface area (Å²) < 4.78 is 5.31. The van der Waals surface area contributed by atoms with Crippen LogP contribution in [0.3, 0.4) is 0 Å². The number of nitriles is 1. The molecule has 2 aromatic rings. The molecule has 1 aromatic heterocycles. The number of carbonyl (C=O) groups is 3. The number of nitrogens with zero attached hydrogens (tertiary/aromatic N) is 3. The molecular weight excluding hydrogens is 480 g/mol. The summed E-state index contributed by atoms with van der Waals surface area (Å²) >= 11 is 1.49. The third kappa shape index (κ3) is 7.42. The number of benzene rings is 1. The molecule has 0 bridgehead atoms. The molecule has 2 heterocycles. The van der Waals surface area contributed by atoms with Gasteiger partial charge < -0.3 is 30.2 Å². The Morgan fingerprint density at radius 3 is 2.39 bits per heavy atom. The Hall–Kier alpha value is -3.65. The number of ether oxygens (including phenoxy) is 1. The number of hydrogen-bond donors (Lipinski definition) is 3. The predicted molar refractivity (Wildman–Crippen MR) is 140 cm³/mol. The number of alkyl carbamates (subject to hydrolysis) is 1. The maximum atomic E-state index is 13.1. The number of piperazine rings is 1. The lowest BCUT2D eigenvalue weighted by Crippen LogP contribution is -2.56. The minimum absolute atomic E-state index is 0.114. The first-order valence-electron chi connectivity index (χ1n) is 11.6. The molecule has 1 aromatic carbocycles. The van der Waals surface area contributed by atoms with Crippen molar-refractivity contribution in [3.8, 4) is 6.07 Å². The van der Waals surface area contributed by atoms with Crippen molar-refractivity contribution in [1.29, 1.82) is 5.26 Å². The second kappa shape index (κ2) is 11.9. The zero-order valence-electron chi connectivity index (χ0n) is 21.0. The first kappa shape index (κ1) is 26.9. The van der Waals surface area contributed by atoms with Gasteiger partial charge in [0.2, 0.25) is 5.91 Å². The lowest BCUT2D eigenvalue weighted by atomic mass is 10.2. The van der Waals surface area contributed by atoms with E-state index in [1.54, 1.807) is 25.7 Å². The van der Waals surface area contributed by atoms with Crippen LogP contribution in [0.1, 0.15) is 36.8 Å². The molecular formula is C25H32N6O4S. The van der Waals surface area contributed by atoms with Crippen LogP contribution in [0.4, 0.5) is 16.2 Å². The topological polar surface area (TPSA) is 131 Å². The van der Waals surface area contributed by atoms with Crippen LogP contribution in [0.5, 0.6) is 0 Å². The summed E-state index contributed by atoms with van der Waals surface area (Å²) in [6.07, 6.45) is 2.78. The summed E-state index contributed by atoms with van der Waals surface area (Å²) in [6.45, 7) is 7.71. The summed E-state index contributed by atoms with van der Waals surface area (Å²) in [7, 11) is 0. The van der Waals surface area contributed by atoms with Gasteiger partial charge in [-0.25, -0.2) is 4.79 Å². The molecule has 1 saturated heterocycles. The average molecular weight is 513 g/mol. The third-order valence-electron chi connectivity index (χ3n) is 5.46. The van der Waals surface area contributed by atoms with Crippen molar-refractivity contribution in [2.75, 3.05) is 48.4 Å². The van der Waals surface area contributed by atoms with Gasteiger partial charge in [0, 0.05) is 49.5 Å². The highest BCUT2D eigenvalue weighted by Gasteiger charge is 2.30. The van der Waals surface area contributed by atoms with Crippen LogP contribution in [0.25, 0.3) is 0 Å². The molecule has 1 aliphatic rings. The van der Waals surface area contributed by atoms with E-state index >= 15 is 0 Å². The minimum Gasteiger partial charge on any atom is -0.444 e. The van der Waals surface area contributed by atoms with Gasteiger partial charge in [-0.05, 0) is 57.4 Å². The first-order chi connectivity index (χ1) is 17.1. The number of carbonyl (C=O) groups excluding carboxylic acids is 3. The van der Waals surface area contributed by atoms with Crippen LogP contribution in [0.15, 0.2) is 36.5 Å². The quantitative estimate of drug-likeness (QED) is 0.520. The second-order valence-electron chi connectivity index (χ2n) is 9.38. The Kier molecular flexibility index (Phi) is 8.88. The van der Waals surface area contributed by atoms with Crippen LogP contribution < -0.4 is 15.5 Å². The van der Waals surface area contributed by atoms with Gasteiger partial charge >= 0.3 is 6.09 Å². The van der Waals surface area contributed by atoms with E-state index in [1.807, 2.05) is 36.6 Å². The normalized spacial score (nSPS) is 14.5. The largest absolute Gasteiger partial charge is 0.444 e. The number of aromatic amines is 1. The fraction of sp³-hybridized carbons (Fsp3) is 0.440. The Labute approximate surface area is 215 Å². The standard InChI is InChI=1S/C25H32N6O4S/c1-25(2,3)35-24(34)29-21(16-36-4)23(33)31-11-9-30(10-12-31)19-7-5-18(6-8-19)28-22(32)20-13-17(14-26)15-27-20/h5-8,13,15,21,27H,9-12,16H2,1-4H3,(H,28,32)(H,29,34)/t21-/m0/s1. The van der Waals surface area contributed by atoms with Gasteiger partial charge in [-0.2, -0.15) is 17.0 Å². The number of rotatable bonds is 7. The summed E-state index contributed by atoms with van der Waals surface area (Å²) in [5.41, 5.74) is 1.70. The molecule has 1 atom stereocenters. The molecule has 0 unspecified atom stereocenters. The highest BCUT2D eigenvalue weighted by molar-refractivity contribution is 7.98. The number of H-pyrrole nitrogens is 1.